The van der Waals surface area contributed by atoms with Crippen LogP contribution in [0, 0.1) is 0 Å². The first-order chi connectivity index (χ1) is 18.0. The quantitative estimate of drug-likeness (QED) is 0.278. The van der Waals surface area contributed by atoms with E-state index >= 15 is 0 Å². The van der Waals surface area contributed by atoms with Gasteiger partial charge >= 0.3 is 5.97 Å². The molecule has 0 fully saturated rings. The van der Waals surface area contributed by atoms with Crippen molar-refractivity contribution in [2.45, 2.75) is 12.8 Å². The van der Waals surface area contributed by atoms with Crippen molar-refractivity contribution < 1.29 is 23.8 Å². The van der Waals surface area contributed by atoms with Gasteiger partial charge in [0.15, 0.2) is 6.61 Å². The summed E-state index contributed by atoms with van der Waals surface area (Å²) in [6, 6.07) is 28.6. The van der Waals surface area contributed by atoms with Crippen LogP contribution in [0.5, 0.6) is 11.5 Å². The molecular formula is C30H24BrNO5. The monoisotopic (exact) mass is 557 g/mol. The summed E-state index contributed by atoms with van der Waals surface area (Å²) in [4.78, 5) is 26.3. The van der Waals surface area contributed by atoms with Crippen LogP contribution < -0.4 is 14.8 Å². The van der Waals surface area contributed by atoms with Gasteiger partial charge in [0.25, 0.3) is 5.91 Å². The number of rotatable bonds is 7. The average molecular weight is 558 g/mol. The molecule has 0 saturated carbocycles. The molecule has 0 radical (unpaired) electrons. The van der Waals surface area contributed by atoms with Crippen LogP contribution in [0.25, 0.3) is 10.8 Å². The van der Waals surface area contributed by atoms with Crippen molar-refractivity contribution in [2.24, 2.45) is 0 Å². The van der Waals surface area contributed by atoms with E-state index in [1.54, 1.807) is 19.1 Å². The van der Waals surface area contributed by atoms with Crippen LogP contribution in [0.15, 0.2) is 107 Å². The SMILES string of the molecule is CCOC(=O)C1=C(NC(=O)COc2ccc(Br)cc2)Oc2ccc3ccccc3c2C1c1ccccc1. The van der Waals surface area contributed by atoms with Crippen LogP contribution in [0.1, 0.15) is 24.0 Å². The minimum atomic E-state index is -0.556. The van der Waals surface area contributed by atoms with Crippen molar-refractivity contribution in [3.05, 3.63) is 118 Å². The Morgan fingerprint density at radius 3 is 2.41 bits per heavy atom. The van der Waals surface area contributed by atoms with E-state index in [2.05, 4.69) is 21.2 Å². The van der Waals surface area contributed by atoms with Gasteiger partial charge < -0.3 is 14.2 Å². The lowest BCUT2D eigenvalue weighted by Gasteiger charge is -2.31. The summed E-state index contributed by atoms with van der Waals surface area (Å²) in [5.74, 6) is -0.390. The van der Waals surface area contributed by atoms with Crippen LogP contribution in [0.2, 0.25) is 0 Å². The van der Waals surface area contributed by atoms with E-state index in [1.165, 1.54) is 0 Å². The van der Waals surface area contributed by atoms with E-state index in [9.17, 15) is 9.59 Å². The predicted octanol–water partition coefficient (Wildman–Crippen LogP) is 6.10. The molecule has 7 heteroatoms. The fraction of sp³-hybridized carbons (Fsp3) is 0.133. The van der Waals surface area contributed by atoms with Crippen LogP contribution in [-0.2, 0) is 14.3 Å². The normalized spacial score (nSPS) is 14.5. The fourth-order valence-corrected chi connectivity index (χ4v) is 4.70. The average Bonchev–Trinajstić information content (AvgIpc) is 2.92. The highest BCUT2D eigenvalue weighted by molar-refractivity contribution is 9.10. The molecule has 1 N–H and O–H groups in total. The highest BCUT2D eigenvalue weighted by Gasteiger charge is 2.38. The van der Waals surface area contributed by atoms with Crippen molar-refractivity contribution in [1.82, 2.24) is 5.32 Å². The molecule has 186 valence electrons. The second-order valence-electron chi connectivity index (χ2n) is 8.40. The molecule has 0 aliphatic carbocycles. The molecule has 0 aromatic heterocycles. The summed E-state index contributed by atoms with van der Waals surface area (Å²) in [6.45, 7) is 1.67. The maximum Gasteiger partial charge on any atom is 0.340 e. The van der Waals surface area contributed by atoms with Crippen molar-refractivity contribution in [2.75, 3.05) is 13.2 Å². The number of amides is 1. The molecule has 0 saturated heterocycles. The summed E-state index contributed by atoms with van der Waals surface area (Å²) < 4.78 is 18.2. The summed E-state index contributed by atoms with van der Waals surface area (Å²) in [6.07, 6.45) is 0. The van der Waals surface area contributed by atoms with Gasteiger partial charge in [-0.3, -0.25) is 10.1 Å². The number of ether oxygens (including phenoxy) is 3. The molecule has 1 heterocycles. The molecule has 1 unspecified atom stereocenters. The molecule has 0 spiro atoms. The van der Waals surface area contributed by atoms with Crippen LogP contribution in [0.3, 0.4) is 0 Å². The van der Waals surface area contributed by atoms with Crippen molar-refractivity contribution in [3.8, 4) is 11.5 Å². The van der Waals surface area contributed by atoms with Gasteiger partial charge in [-0.2, -0.15) is 0 Å². The Balaban J connectivity index is 1.57. The van der Waals surface area contributed by atoms with Gasteiger partial charge in [-0.15, -0.1) is 0 Å². The molecule has 4 aromatic carbocycles. The highest BCUT2D eigenvalue weighted by atomic mass is 79.9. The standard InChI is InChI=1S/C30H24BrNO5/c1-2-35-30(34)28-26(20-9-4-3-5-10-20)27-23-11-7-6-8-19(23)12-17-24(27)37-29(28)32-25(33)18-36-22-15-13-21(31)14-16-22/h3-17,26H,2,18H2,1H3,(H,32,33). The van der Waals surface area contributed by atoms with Gasteiger partial charge in [0, 0.05) is 10.0 Å². The number of halogens is 1. The topological polar surface area (TPSA) is 73.9 Å². The molecule has 1 aliphatic heterocycles. The Kier molecular flexibility index (Phi) is 7.23. The lowest BCUT2D eigenvalue weighted by atomic mass is 9.80. The first-order valence-corrected chi connectivity index (χ1v) is 12.7. The van der Waals surface area contributed by atoms with Crippen LogP contribution in [0.4, 0.5) is 0 Å². The van der Waals surface area contributed by atoms with Gasteiger partial charge in [0.2, 0.25) is 5.88 Å². The number of nitrogens with one attached hydrogen (secondary N) is 1. The van der Waals surface area contributed by atoms with Crippen molar-refractivity contribution in [3.63, 3.8) is 0 Å². The van der Waals surface area contributed by atoms with E-state index in [0.29, 0.717) is 11.5 Å². The molecule has 4 aromatic rings. The van der Waals surface area contributed by atoms with E-state index in [1.807, 2.05) is 78.9 Å². The van der Waals surface area contributed by atoms with Crippen LogP contribution in [-0.4, -0.2) is 25.1 Å². The predicted molar refractivity (Wildman–Crippen MR) is 144 cm³/mol. The van der Waals surface area contributed by atoms with Crippen LogP contribution >= 0.6 is 15.9 Å². The molecular weight excluding hydrogens is 534 g/mol. The van der Waals surface area contributed by atoms with E-state index < -0.39 is 17.8 Å². The van der Waals surface area contributed by atoms with Gasteiger partial charge in [-0.1, -0.05) is 76.6 Å². The molecule has 6 nitrogen and oxygen atoms in total. The third-order valence-electron chi connectivity index (χ3n) is 6.03. The third-order valence-corrected chi connectivity index (χ3v) is 6.56. The molecule has 1 atom stereocenters. The number of esters is 1. The van der Waals surface area contributed by atoms with E-state index in [4.69, 9.17) is 14.2 Å². The second-order valence-corrected chi connectivity index (χ2v) is 9.31. The maximum absolute atomic E-state index is 13.4. The number of carbonyl (C=O) groups excluding carboxylic acids is 2. The molecule has 37 heavy (non-hydrogen) atoms. The fourth-order valence-electron chi connectivity index (χ4n) is 4.44. The summed E-state index contributed by atoms with van der Waals surface area (Å²) in [7, 11) is 0. The summed E-state index contributed by atoms with van der Waals surface area (Å²) in [5, 5.41) is 4.74. The Morgan fingerprint density at radius 1 is 0.919 bits per heavy atom. The zero-order valence-electron chi connectivity index (χ0n) is 20.1. The largest absolute Gasteiger partial charge is 0.484 e. The Bertz CT molecular complexity index is 1480. The number of fused-ring (bicyclic) bond motifs is 3. The number of carbonyl (C=O) groups is 2. The summed E-state index contributed by atoms with van der Waals surface area (Å²) >= 11 is 3.38. The van der Waals surface area contributed by atoms with Gasteiger partial charge in [-0.05, 0) is 53.6 Å². The minimum absolute atomic E-state index is 0.0412. The first kappa shape index (κ1) is 24.6. The Labute approximate surface area is 223 Å². The Morgan fingerprint density at radius 2 is 1.65 bits per heavy atom. The van der Waals surface area contributed by atoms with Crippen molar-refractivity contribution in [1.29, 1.82) is 0 Å². The molecule has 5 rings (SSSR count). The Hall–Kier alpha value is -4.10. The maximum atomic E-state index is 13.4. The second kappa shape index (κ2) is 10.9. The zero-order valence-corrected chi connectivity index (χ0v) is 21.7. The first-order valence-electron chi connectivity index (χ1n) is 11.9. The number of hydrogen-bond donors (Lipinski definition) is 1. The number of benzene rings is 4. The molecule has 1 aliphatic rings. The zero-order chi connectivity index (χ0) is 25.8. The van der Waals surface area contributed by atoms with Gasteiger partial charge in [0.05, 0.1) is 12.5 Å². The highest BCUT2D eigenvalue weighted by Crippen LogP contribution is 2.46. The molecule has 0 bridgehead atoms. The van der Waals surface area contributed by atoms with Gasteiger partial charge in [-0.25, -0.2) is 4.79 Å². The lowest BCUT2D eigenvalue weighted by Crippen LogP contribution is -2.36. The minimum Gasteiger partial charge on any atom is -0.484 e. The number of hydrogen-bond acceptors (Lipinski definition) is 5. The van der Waals surface area contributed by atoms with Gasteiger partial charge in [0.1, 0.15) is 17.1 Å². The van der Waals surface area contributed by atoms with E-state index in [-0.39, 0.29) is 24.7 Å². The summed E-state index contributed by atoms with van der Waals surface area (Å²) in [5.41, 5.74) is 1.95. The van der Waals surface area contributed by atoms with Crippen molar-refractivity contribution >= 4 is 38.6 Å². The third kappa shape index (κ3) is 5.22. The smallest absolute Gasteiger partial charge is 0.340 e. The van der Waals surface area contributed by atoms with E-state index in [0.717, 1.165) is 26.4 Å². The molecule has 1 amide bonds. The lowest BCUT2D eigenvalue weighted by molar-refractivity contribution is -0.139.